The van der Waals surface area contributed by atoms with Crippen molar-refractivity contribution in [2.45, 2.75) is 19.4 Å². The summed E-state index contributed by atoms with van der Waals surface area (Å²) in [7, 11) is 0. The highest BCUT2D eigenvalue weighted by atomic mass is 16.5. The standard InChI is InChI=1S/C11H17NO2/c1-9-4-2-3-5-11(9)14-8-10(13)6-7-12/h2-5,10,13H,6-8,12H2,1H3. The summed E-state index contributed by atoms with van der Waals surface area (Å²) in [4.78, 5) is 0. The van der Waals surface area contributed by atoms with Gasteiger partial charge in [0.05, 0.1) is 6.10 Å². The Hall–Kier alpha value is -1.06. The molecule has 0 aliphatic rings. The van der Waals surface area contributed by atoms with Crippen LogP contribution in [0.2, 0.25) is 0 Å². The lowest BCUT2D eigenvalue weighted by molar-refractivity contribution is 0.102. The van der Waals surface area contributed by atoms with Gasteiger partial charge in [-0.25, -0.2) is 0 Å². The highest BCUT2D eigenvalue weighted by Gasteiger charge is 2.04. The number of benzene rings is 1. The maximum absolute atomic E-state index is 9.40. The lowest BCUT2D eigenvalue weighted by Gasteiger charge is -2.12. The van der Waals surface area contributed by atoms with Gasteiger partial charge in [-0.2, -0.15) is 0 Å². The molecule has 0 bridgehead atoms. The summed E-state index contributed by atoms with van der Waals surface area (Å²) in [6.45, 7) is 2.77. The van der Waals surface area contributed by atoms with Crippen molar-refractivity contribution in [2.75, 3.05) is 13.2 Å². The zero-order valence-electron chi connectivity index (χ0n) is 8.44. The molecule has 0 saturated carbocycles. The topological polar surface area (TPSA) is 55.5 Å². The van der Waals surface area contributed by atoms with E-state index >= 15 is 0 Å². The van der Waals surface area contributed by atoms with Crippen LogP contribution in [0.15, 0.2) is 24.3 Å². The van der Waals surface area contributed by atoms with Gasteiger partial charge in [-0.15, -0.1) is 0 Å². The first kappa shape index (κ1) is 11.0. The van der Waals surface area contributed by atoms with E-state index in [2.05, 4.69) is 0 Å². The number of hydrogen-bond donors (Lipinski definition) is 2. The molecule has 0 saturated heterocycles. The molecule has 0 aliphatic heterocycles. The Morgan fingerprint density at radius 1 is 1.43 bits per heavy atom. The first-order chi connectivity index (χ1) is 6.74. The summed E-state index contributed by atoms with van der Waals surface area (Å²) >= 11 is 0. The molecule has 14 heavy (non-hydrogen) atoms. The number of ether oxygens (including phenoxy) is 1. The average molecular weight is 195 g/mol. The van der Waals surface area contributed by atoms with E-state index in [1.165, 1.54) is 0 Å². The molecule has 0 spiro atoms. The molecule has 1 aromatic carbocycles. The second kappa shape index (κ2) is 5.62. The van der Waals surface area contributed by atoms with Gasteiger partial charge in [-0.1, -0.05) is 18.2 Å². The quantitative estimate of drug-likeness (QED) is 0.739. The SMILES string of the molecule is Cc1ccccc1OCC(O)CCN. The zero-order chi connectivity index (χ0) is 10.4. The minimum absolute atomic E-state index is 0.308. The third-order valence-electron chi connectivity index (χ3n) is 2.02. The molecular formula is C11H17NO2. The highest BCUT2D eigenvalue weighted by Crippen LogP contribution is 2.16. The van der Waals surface area contributed by atoms with Crippen LogP contribution in [0, 0.1) is 6.92 Å². The maximum Gasteiger partial charge on any atom is 0.122 e. The predicted molar refractivity (Wildman–Crippen MR) is 56.4 cm³/mol. The fourth-order valence-electron chi connectivity index (χ4n) is 1.18. The van der Waals surface area contributed by atoms with E-state index in [0.717, 1.165) is 11.3 Å². The molecule has 0 aromatic heterocycles. The summed E-state index contributed by atoms with van der Waals surface area (Å²) in [6.07, 6.45) is 0.103. The minimum atomic E-state index is -0.473. The second-order valence-electron chi connectivity index (χ2n) is 3.31. The molecule has 78 valence electrons. The van der Waals surface area contributed by atoms with Gasteiger partial charge < -0.3 is 15.6 Å². The third-order valence-corrected chi connectivity index (χ3v) is 2.02. The largest absolute Gasteiger partial charge is 0.491 e. The van der Waals surface area contributed by atoms with Gasteiger partial charge >= 0.3 is 0 Å². The van der Waals surface area contributed by atoms with Gasteiger partial charge in [0.25, 0.3) is 0 Å². The molecule has 0 radical (unpaired) electrons. The van der Waals surface area contributed by atoms with E-state index in [-0.39, 0.29) is 0 Å². The van der Waals surface area contributed by atoms with Crippen molar-refractivity contribution in [1.29, 1.82) is 0 Å². The van der Waals surface area contributed by atoms with Crippen molar-refractivity contribution in [2.24, 2.45) is 5.73 Å². The molecule has 1 rings (SSSR count). The predicted octanol–water partition coefficient (Wildman–Crippen LogP) is 1.08. The number of hydrogen-bond acceptors (Lipinski definition) is 3. The van der Waals surface area contributed by atoms with Crippen LogP contribution in [0.5, 0.6) is 5.75 Å². The van der Waals surface area contributed by atoms with Crippen LogP contribution in [0.4, 0.5) is 0 Å². The number of rotatable bonds is 5. The Balaban J connectivity index is 2.41. The number of aryl methyl sites for hydroxylation is 1. The average Bonchev–Trinajstić information content (AvgIpc) is 2.17. The Morgan fingerprint density at radius 3 is 2.79 bits per heavy atom. The Kier molecular flexibility index (Phi) is 4.43. The van der Waals surface area contributed by atoms with Crippen LogP contribution in [0.25, 0.3) is 0 Å². The first-order valence-corrected chi connectivity index (χ1v) is 4.80. The molecule has 1 aromatic rings. The first-order valence-electron chi connectivity index (χ1n) is 4.80. The summed E-state index contributed by atoms with van der Waals surface area (Å²) in [5.41, 5.74) is 6.39. The van der Waals surface area contributed by atoms with Crippen molar-refractivity contribution in [1.82, 2.24) is 0 Å². The van der Waals surface area contributed by atoms with Crippen LogP contribution in [-0.4, -0.2) is 24.4 Å². The minimum Gasteiger partial charge on any atom is -0.491 e. The van der Waals surface area contributed by atoms with Crippen molar-refractivity contribution < 1.29 is 9.84 Å². The van der Waals surface area contributed by atoms with Gasteiger partial charge in [0.15, 0.2) is 0 Å². The molecule has 0 amide bonds. The van der Waals surface area contributed by atoms with Gasteiger partial charge in [-0.3, -0.25) is 0 Å². The third kappa shape index (κ3) is 3.36. The van der Waals surface area contributed by atoms with Crippen LogP contribution >= 0.6 is 0 Å². The normalized spacial score (nSPS) is 12.5. The summed E-state index contributed by atoms with van der Waals surface area (Å²) in [6, 6.07) is 7.74. The van der Waals surface area contributed by atoms with Crippen molar-refractivity contribution in [3.8, 4) is 5.75 Å². The van der Waals surface area contributed by atoms with Gasteiger partial charge in [-0.05, 0) is 31.5 Å². The second-order valence-corrected chi connectivity index (χ2v) is 3.31. The van der Waals surface area contributed by atoms with Gasteiger partial charge in [0.2, 0.25) is 0 Å². The lowest BCUT2D eigenvalue weighted by Crippen LogP contribution is -2.21. The van der Waals surface area contributed by atoms with Crippen LogP contribution < -0.4 is 10.5 Å². The van der Waals surface area contributed by atoms with E-state index in [0.29, 0.717) is 19.6 Å². The Labute approximate surface area is 84.5 Å². The molecule has 3 nitrogen and oxygen atoms in total. The number of para-hydroxylation sites is 1. The van der Waals surface area contributed by atoms with Crippen LogP contribution in [0.1, 0.15) is 12.0 Å². The molecule has 0 aliphatic carbocycles. The van der Waals surface area contributed by atoms with E-state index in [4.69, 9.17) is 10.5 Å². The Bertz CT molecular complexity index is 276. The molecule has 3 heteroatoms. The number of aliphatic hydroxyl groups is 1. The molecule has 0 heterocycles. The molecule has 1 atom stereocenters. The van der Waals surface area contributed by atoms with Crippen molar-refractivity contribution in [3.05, 3.63) is 29.8 Å². The number of aliphatic hydroxyl groups excluding tert-OH is 1. The smallest absolute Gasteiger partial charge is 0.122 e. The Morgan fingerprint density at radius 2 is 2.14 bits per heavy atom. The number of nitrogens with two attached hydrogens (primary N) is 1. The fourth-order valence-corrected chi connectivity index (χ4v) is 1.18. The van der Waals surface area contributed by atoms with Crippen molar-refractivity contribution >= 4 is 0 Å². The zero-order valence-corrected chi connectivity index (χ0v) is 8.44. The molecule has 0 fully saturated rings. The molecule has 3 N–H and O–H groups in total. The van der Waals surface area contributed by atoms with Crippen LogP contribution in [0.3, 0.4) is 0 Å². The lowest BCUT2D eigenvalue weighted by atomic mass is 10.2. The summed E-state index contributed by atoms with van der Waals surface area (Å²) < 4.78 is 5.45. The highest BCUT2D eigenvalue weighted by molar-refractivity contribution is 5.31. The maximum atomic E-state index is 9.40. The van der Waals surface area contributed by atoms with Gasteiger partial charge in [0, 0.05) is 0 Å². The molecule has 1 unspecified atom stereocenters. The van der Waals surface area contributed by atoms with Crippen molar-refractivity contribution in [3.63, 3.8) is 0 Å². The van der Waals surface area contributed by atoms with E-state index in [1.54, 1.807) is 0 Å². The van der Waals surface area contributed by atoms with Crippen LogP contribution in [-0.2, 0) is 0 Å². The fraction of sp³-hybridized carbons (Fsp3) is 0.455. The molecular weight excluding hydrogens is 178 g/mol. The monoisotopic (exact) mass is 195 g/mol. The van der Waals surface area contributed by atoms with Gasteiger partial charge in [0.1, 0.15) is 12.4 Å². The van der Waals surface area contributed by atoms with E-state index < -0.39 is 6.10 Å². The van der Waals surface area contributed by atoms with E-state index in [9.17, 15) is 5.11 Å². The summed E-state index contributed by atoms with van der Waals surface area (Å²) in [5.74, 6) is 0.823. The van der Waals surface area contributed by atoms with E-state index in [1.807, 2.05) is 31.2 Å². The summed E-state index contributed by atoms with van der Waals surface area (Å²) in [5, 5.41) is 9.40.